The van der Waals surface area contributed by atoms with E-state index in [0.29, 0.717) is 11.5 Å². The van der Waals surface area contributed by atoms with Gasteiger partial charge in [0.05, 0.1) is 5.56 Å². The molecule has 2 rings (SSSR count). The summed E-state index contributed by atoms with van der Waals surface area (Å²) in [6, 6.07) is 11.4. The average molecular weight is 297 g/mol. The topological polar surface area (TPSA) is 39.2 Å². The van der Waals surface area contributed by atoms with Gasteiger partial charge in [-0.3, -0.25) is 4.98 Å². The summed E-state index contributed by atoms with van der Waals surface area (Å²) in [6.45, 7) is 8.07. The monoisotopic (exact) mass is 297 g/mol. The molecule has 0 aliphatic rings. The molecule has 1 atom stereocenters. The molecule has 22 heavy (non-hydrogen) atoms. The zero-order chi connectivity index (χ0) is 16.2. The Kier molecular flexibility index (Phi) is 4.96. The molecule has 0 spiro atoms. The molecule has 3 heteroatoms. The summed E-state index contributed by atoms with van der Waals surface area (Å²) in [5, 5.41) is 0. The van der Waals surface area contributed by atoms with Crippen LogP contribution in [0.4, 0.5) is 0 Å². The Bertz CT molecular complexity index is 635. The van der Waals surface area contributed by atoms with E-state index < -0.39 is 5.60 Å². The number of nitrogens with zero attached hydrogens (tertiary/aromatic N) is 1. The van der Waals surface area contributed by atoms with Crippen LogP contribution in [-0.4, -0.2) is 11.0 Å². The molecule has 0 radical (unpaired) electrons. The van der Waals surface area contributed by atoms with Gasteiger partial charge in [-0.05, 0) is 61.6 Å². The second-order valence-electron chi connectivity index (χ2n) is 6.07. The number of esters is 1. The van der Waals surface area contributed by atoms with Gasteiger partial charge in [0, 0.05) is 12.4 Å². The van der Waals surface area contributed by atoms with Gasteiger partial charge in [0.15, 0.2) is 0 Å². The third-order valence-electron chi connectivity index (χ3n) is 4.03. The molecule has 0 N–H and O–H groups in total. The first-order valence-electron chi connectivity index (χ1n) is 7.68. The van der Waals surface area contributed by atoms with Gasteiger partial charge in [0.25, 0.3) is 0 Å². The van der Waals surface area contributed by atoms with E-state index in [4.69, 9.17) is 4.74 Å². The van der Waals surface area contributed by atoms with E-state index in [2.05, 4.69) is 24.9 Å². The van der Waals surface area contributed by atoms with Crippen LogP contribution >= 0.6 is 0 Å². The van der Waals surface area contributed by atoms with Crippen molar-refractivity contribution in [3.8, 4) is 0 Å². The van der Waals surface area contributed by atoms with Gasteiger partial charge in [-0.15, -0.1) is 0 Å². The minimum absolute atomic E-state index is 0.299. The molecule has 0 saturated heterocycles. The smallest absolute Gasteiger partial charge is 0.339 e. The lowest BCUT2D eigenvalue weighted by Crippen LogP contribution is -2.25. The highest BCUT2D eigenvalue weighted by molar-refractivity contribution is 5.90. The summed E-state index contributed by atoms with van der Waals surface area (Å²) in [6.07, 6.45) is 4.45. The van der Waals surface area contributed by atoms with Crippen molar-refractivity contribution in [1.29, 1.82) is 0 Å². The zero-order valence-corrected chi connectivity index (χ0v) is 13.7. The van der Waals surface area contributed by atoms with Crippen LogP contribution in [0.5, 0.6) is 0 Å². The van der Waals surface area contributed by atoms with Gasteiger partial charge in [0.1, 0.15) is 5.60 Å². The summed E-state index contributed by atoms with van der Waals surface area (Å²) in [7, 11) is 0. The van der Waals surface area contributed by atoms with E-state index >= 15 is 0 Å². The number of pyridine rings is 1. The van der Waals surface area contributed by atoms with Crippen molar-refractivity contribution in [3.63, 3.8) is 0 Å². The maximum Gasteiger partial charge on any atom is 0.339 e. The van der Waals surface area contributed by atoms with Crippen molar-refractivity contribution in [2.24, 2.45) is 0 Å². The van der Waals surface area contributed by atoms with Crippen LogP contribution in [0, 0.1) is 0 Å². The third-order valence-corrected chi connectivity index (χ3v) is 4.03. The standard InChI is InChI=1S/C19H23NO2/c1-5-14(2)15-7-6-8-16(13-15)18(21)22-19(3,4)17-9-11-20-12-10-17/h6-14H,5H2,1-4H3. The summed E-state index contributed by atoms with van der Waals surface area (Å²) < 4.78 is 5.71. The van der Waals surface area contributed by atoms with Crippen LogP contribution < -0.4 is 0 Å². The molecule has 0 amide bonds. The second-order valence-corrected chi connectivity index (χ2v) is 6.07. The number of benzene rings is 1. The zero-order valence-electron chi connectivity index (χ0n) is 13.7. The molecule has 0 fully saturated rings. The van der Waals surface area contributed by atoms with Crippen molar-refractivity contribution in [1.82, 2.24) is 4.98 Å². The lowest BCUT2D eigenvalue weighted by atomic mass is 9.96. The number of carbonyl (C=O) groups is 1. The van der Waals surface area contributed by atoms with E-state index in [1.165, 1.54) is 5.56 Å². The number of carbonyl (C=O) groups excluding carboxylic acids is 1. The highest BCUT2D eigenvalue weighted by atomic mass is 16.6. The Morgan fingerprint density at radius 1 is 1.23 bits per heavy atom. The number of rotatable bonds is 5. The van der Waals surface area contributed by atoms with E-state index in [9.17, 15) is 4.79 Å². The predicted octanol–water partition coefficient (Wildman–Crippen LogP) is 4.69. The number of aromatic nitrogens is 1. The predicted molar refractivity (Wildman–Crippen MR) is 87.8 cm³/mol. The third kappa shape index (κ3) is 3.73. The summed E-state index contributed by atoms with van der Waals surface area (Å²) in [5.41, 5.74) is 2.00. The van der Waals surface area contributed by atoms with Crippen LogP contribution in [-0.2, 0) is 10.3 Å². The second kappa shape index (κ2) is 6.73. The van der Waals surface area contributed by atoms with Crippen molar-refractivity contribution in [2.75, 3.05) is 0 Å². The minimum atomic E-state index is -0.688. The van der Waals surface area contributed by atoms with E-state index in [-0.39, 0.29) is 5.97 Å². The van der Waals surface area contributed by atoms with E-state index in [1.54, 1.807) is 18.5 Å². The molecule has 116 valence electrons. The molecule has 0 aliphatic heterocycles. The Hall–Kier alpha value is -2.16. The molecule has 1 aromatic heterocycles. The van der Waals surface area contributed by atoms with E-state index in [1.807, 2.05) is 38.1 Å². The van der Waals surface area contributed by atoms with Crippen molar-refractivity contribution in [2.45, 2.75) is 45.6 Å². The maximum absolute atomic E-state index is 12.5. The Morgan fingerprint density at radius 3 is 2.55 bits per heavy atom. The summed E-state index contributed by atoms with van der Waals surface area (Å²) >= 11 is 0. The Balaban J connectivity index is 2.19. The number of hydrogen-bond donors (Lipinski definition) is 0. The van der Waals surface area contributed by atoms with Crippen molar-refractivity contribution in [3.05, 3.63) is 65.5 Å². The minimum Gasteiger partial charge on any atom is -0.451 e. The van der Waals surface area contributed by atoms with Gasteiger partial charge in [-0.25, -0.2) is 4.79 Å². The fraction of sp³-hybridized carbons (Fsp3) is 0.368. The van der Waals surface area contributed by atoms with Crippen LogP contribution in [0.15, 0.2) is 48.8 Å². The van der Waals surface area contributed by atoms with Crippen LogP contribution in [0.25, 0.3) is 0 Å². The molecule has 1 aromatic carbocycles. The van der Waals surface area contributed by atoms with Crippen molar-refractivity contribution < 1.29 is 9.53 Å². The SMILES string of the molecule is CCC(C)c1cccc(C(=O)OC(C)(C)c2ccncc2)c1. The molecule has 0 saturated carbocycles. The molecular weight excluding hydrogens is 274 g/mol. The van der Waals surface area contributed by atoms with Crippen molar-refractivity contribution >= 4 is 5.97 Å². The lowest BCUT2D eigenvalue weighted by molar-refractivity contribution is -0.00317. The van der Waals surface area contributed by atoms with Gasteiger partial charge >= 0.3 is 5.97 Å². The van der Waals surface area contributed by atoms with Gasteiger partial charge < -0.3 is 4.74 Å². The molecular formula is C19H23NO2. The first-order chi connectivity index (χ1) is 10.4. The molecule has 1 heterocycles. The fourth-order valence-corrected chi connectivity index (χ4v) is 2.31. The quantitative estimate of drug-likeness (QED) is 0.752. The number of hydrogen-bond acceptors (Lipinski definition) is 3. The largest absolute Gasteiger partial charge is 0.451 e. The van der Waals surface area contributed by atoms with Crippen LogP contribution in [0.2, 0.25) is 0 Å². The van der Waals surface area contributed by atoms with Crippen LogP contribution in [0.3, 0.4) is 0 Å². The average Bonchev–Trinajstić information content (AvgIpc) is 2.54. The van der Waals surface area contributed by atoms with Gasteiger partial charge in [-0.2, -0.15) is 0 Å². The first-order valence-corrected chi connectivity index (χ1v) is 7.68. The fourth-order valence-electron chi connectivity index (χ4n) is 2.31. The summed E-state index contributed by atoms with van der Waals surface area (Å²) in [5.74, 6) is 0.132. The van der Waals surface area contributed by atoms with Crippen LogP contribution in [0.1, 0.15) is 61.5 Å². The van der Waals surface area contributed by atoms with E-state index in [0.717, 1.165) is 12.0 Å². The molecule has 3 nitrogen and oxygen atoms in total. The summed E-state index contributed by atoms with van der Waals surface area (Å²) in [4.78, 5) is 16.5. The normalized spacial score (nSPS) is 12.7. The molecule has 0 bridgehead atoms. The first kappa shape index (κ1) is 16.2. The lowest BCUT2D eigenvalue weighted by Gasteiger charge is -2.25. The molecule has 0 aliphatic carbocycles. The molecule has 1 unspecified atom stereocenters. The van der Waals surface area contributed by atoms with Gasteiger partial charge in [-0.1, -0.05) is 26.0 Å². The Morgan fingerprint density at radius 2 is 1.91 bits per heavy atom. The van der Waals surface area contributed by atoms with Gasteiger partial charge in [0.2, 0.25) is 0 Å². The molecule has 2 aromatic rings. The maximum atomic E-state index is 12.5. The highest BCUT2D eigenvalue weighted by Crippen LogP contribution is 2.26. The highest BCUT2D eigenvalue weighted by Gasteiger charge is 2.26. The Labute approximate surface area is 132 Å². The number of ether oxygens (including phenoxy) is 1.